The number of fused-ring (bicyclic) bond motifs is 1. The molecule has 1 aromatic carbocycles. The van der Waals surface area contributed by atoms with E-state index in [2.05, 4.69) is 12.2 Å². The van der Waals surface area contributed by atoms with Gasteiger partial charge in [0.25, 0.3) is 5.91 Å². The van der Waals surface area contributed by atoms with Gasteiger partial charge in [-0.15, -0.1) is 0 Å². The smallest absolute Gasteiger partial charge is 0.254 e. The molecule has 0 radical (unpaired) electrons. The Morgan fingerprint density at radius 2 is 2.17 bits per heavy atom. The Morgan fingerprint density at radius 3 is 3.00 bits per heavy atom. The zero-order valence-corrected chi connectivity index (χ0v) is 13.6. The molecule has 0 aliphatic carbocycles. The summed E-state index contributed by atoms with van der Waals surface area (Å²) < 4.78 is 11.8. The number of hydrogen-bond donors (Lipinski definition) is 1. The molecular weight excluding hydrogens is 292 g/mol. The van der Waals surface area contributed by atoms with Gasteiger partial charge in [0.15, 0.2) is 0 Å². The van der Waals surface area contributed by atoms with Gasteiger partial charge in [0.05, 0.1) is 18.8 Å². The molecule has 0 bridgehead atoms. The van der Waals surface area contributed by atoms with Crippen LogP contribution in [0.2, 0.25) is 0 Å². The third kappa shape index (κ3) is 2.83. The normalized spacial score (nSPS) is 26.0. The molecule has 2 saturated heterocycles. The van der Waals surface area contributed by atoms with Crippen molar-refractivity contribution in [3.8, 4) is 5.75 Å². The summed E-state index contributed by atoms with van der Waals surface area (Å²) >= 11 is 0. The highest BCUT2D eigenvalue weighted by atomic mass is 16.5. The summed E-state index contributed by atoms with van der Waals surface area (Å²) in [6.07, 6.45) is 3.05. The Morgan fingerprint density at radius 1 is 1.35 bits per heavy atom. The molecule has 0 aromatic heterocycles. The van der Waals surface area contributed by atoms with Crippen molar-refractivity contribution in [3.63, 3.8) is 0 Å². The van der Waals surface area contributed by atoms with Crippen molar-refractivity contribution >= 4 is 5.91 Å². The van der Waals surface area contributed by atoms with Gasteiger partial charge in [-0.25, -0.2) is 0 Å². The second kappa shape index (κ2) is 5.80. The molecule has 1 N–H and O–H groups in total. The fourth-order valence-corrected chi connectivity index (χ4v) is 3.94. The molecule has 1 amide bonds. The molecule has 5 heteroatoms. The number of rotatable bonds is 1. The van der Waals surface area contributed by atoms with Crippen LogP contribution in [0.5, 0.6) is 5.75 Å². The largest absolute Gasteiger partial charge is 0.490 e. The van der Waals surface area contributed by atoms with Crippen LogP contribution >= 0.6 is 0 Å². The van der Waals surface area contributed by atoms with Crippen molar-refractivity contribution < 1.29 is 14.3 Å². The molecule has 3 aliphatic rings. The molecule has 5 nitrogen and oxygen atoms in total. The highest BCUT2D eigenvalue weighted by Crippen LogP contribution is 2.31. The van der Waals surface area contributed by atoms with Crippen molar-refractivity contribution in [3.05, 3.63) is 29.3 Å². The molecule has 0 unspecified atom stereocenters. The molecule has 1 aromatic rings. The Bertz CT molecular complexity index is 605. The quantitative estimate of drug-likeness (QED) is 0.855. The maximum atomic E-state index is 12.9. The van der Waals surface area contributed by atoms with E-state index in [9.17, 15) is 4.79 Å². The van der Waals surface area contributed by atoms with Crippen molar-refractivity contribution in [2.45, 2.75) is 37.9 Å². The van der Waals surface area contributed by atoms with Gasteiger partial charge in [-0.3, -0.25) is 4.79 Å². The number of carbonyl (C=O) groups is 1. The number of morpholine rings is 1. The number of carbonyl (C=O) groups excluding carboxylic acids is 1. The van der Waals surface area contributed by atoms with Crippen molar-refractivity contribution in [1.29, 1.82) is 0 Å². The molecule has 4 rings (SSSR count). The van der Waals surface area contributed by atoms with E-state index in [1.165, 1.54) is 0 Å². The van der Waals surface area contributed by atoms with Crippen LogP contribution in [0.25, 0.3) is 0 Å². The average molecular weight is 316 g/mol. The third-order valence-corrected chi connectivity index (χ3v) is 5.19. The summed E-state index contributed by atoms with van der Waals surface area (Å²) in [5.74, 6) is 1.04. The fraction of sp³-hybridized carbons (Fsp3) is 0.611. The van der Waals surface area contributed by atoms with Crippen LogP contribution in [0.15, 0.2) is 18.2 Å². The zero-order valence-electron chi connectivity index (χ0n) is 13.6. The molecule has 23 heavy (non-hydrogen) atoms. The first kappa shape index (κ1) is 15.0. The van der Waals surface area contributed by atoms with Crippen LogP contribution < -0.4 is 10.1 Å². The summed E-state index contributed by atoms with van der Waals surface area (Å²) in [5, 5.41) is 3.37. The lowest BCUT2D eigenvalue weighted by Crippen LogP contribution is -2.57. The molecule has 0 saturated carbocycles. The van der Waals surface area contributed by atoms with E-state index >= 15 is 0 Å². The Kier molecular flexibility index (Phi) is 3.77. The van der Waals surface area contributed by atoms with E-state index in [1.54, 1.807) is 0 Å². The number of piperidine rings is 1. The molecule has 124 valence electrons. The molecule has 1 atom stereocenters. The van der Waals surface area contributed by atoms with Gasteiger partial charge in [-0.1, -0.05) is 0 Å². The topological polar surface area (TPSA) is 50.8 Å². The van der Waals surface area contributed by atoms with Gasteiger partial charge < -0.3 is 19.7 Å². The second-order valence-electron chi connectivity index (χ2n) is 6.96. The van der Waals surface area contributed by atoms with Gasteiger partial charge >= 0.3 is 0 Å². The monoisotopic (exact) mass is 316 g/mol. The van der Waals surface area contributed by atoms with Gasteiger partial charge in [0, 0.05) is 18.5 Å². The standard InChI is InChI=1S/C18H24N2O3/c1-13-10-15-11-14(2-3-16(15)23-13)17(21)20-8-9-22-18(12-20)4-6-19-7-5-18/h2-3,11,13,19H,4-10,12H2,1H3/t13-/m0/s1. The Balaban J connectivity index is 1.51. The van der Waals surface area contributed by atoms with Crippen LogP contribution in [-0.4, -0.2) is 55.3 Å². The summed E-state index contributed by atoms with van der Waals surface area (Å²) in [5.41, 5.74) is 1.77. The minimum absolute atomic E-state index is 0.119. The van der Waals surface area contributed by atoms with Crippen molar-refractivity contribution in [2.24, 2.45) is 0 Å². The highest BCUT2D eigenvalue weighted by molar-refractivity contribution is 5.94. The summed E-state index contributed by atoms with van der Waals surface area (Å²) in [7, 11) is 0. The average Bonchev–Trinajstić information content (AvgIpc) is 2.94. The maximum Gasteiger partial charge on any atom is 0.254 e. The van der Waals surface area contributed by atoms with Crippen LogP contribution in [-0.2, 0) is 11.2 Å². The minimum Gasteiger partial charge on any atom is -0.490 e. The van der Waals surface area contributed by atoms with Gasteiger partial charge in [-0.2, -0.15) is 0 Å². The molecule has 3 heterocycles. The first-order valence-corrected chi connectivity index (χ1v) is 8.59. The maximum absolute atomic E-state index is 12.9. The van der Waals surface area contributed by atoms with E-state index < -0.39 is 0 Å². The van der Waals surface area contributed by atoms with Crippen molar-refractivity contribution in [1.82, 2.24) is 10.2 Å². The van der Waals surface area contributed by atoms with E-state index in [0.717, 1.165) is 49.2 Å². The molecule has 2 fully saturated rings. The van der Waals surface area contributed by atoms with Crippen molar-refractivity contribution in [2.75, 3.05) is 32.8 Å². The van der Waals surface area contributed by atoms with E-state index in [0.29, 0.717) is 19.7 Å². The van der Waals surface area contributed by atoms with Gasteiger partial charge in [-0.05, 0) is 56.6 Å². The first-order chi connectivity index (χ1) is 11.2. The first-order valence-electron chi connectivity index (χ1n) is 8.59. The number of nitrogens with one attached hydrogen (secondary N) is 1. The lowest BCUT2D eigenvalue weighted by molar-refractivity contribution is -0.114. The lowest BCUT2D eigenvalue weighted by atomic mass is 9.90. The highest BCUT2D eigenvalue weighted by Gasteiger charge is 2.39. The van der Waals surface area contributed by atoms with Gasteiger partial charge in [0.1, 0.15) is 11.9 Å². The molecular formula is C18H24N2O3. The number of benzene rings is 1. The summed E-state index contributed by atoms with van der Waals surface area (Å²) in [4.78, 5) is 14.9. The van der Waals surface area contributed by atoms with E-state index in [4.69, 9.17) is 9.47 Å². The van der Waals surface area contributed by atoms with E-state index in [1.807, 2.05) is 23.1 Å². The summed E-state index contributed by atoms with van der Waals surface area (Å²) in [6, 6.07) is 5.84. The van der Waals surface area contributed by atoms with Crippen LogP contribution in [0.3, 0.4) is 0 Å². The van der Waals surface area contributed by atoms with Gasteiger partial charge in [0.2, 0.25) is 0 Å². The van der Waals surface area contributed by atoms with E-state index in [-0.39, 0.29) is 17.6 Å². The number of nitrogens with zero attached hydrogens (tertiary/aromatic N) is 1. The van der Waals surface area contributed by atoms with Crippen LogP contribution in [0.1, 0.15) is 35.7 Å². The number of amides is 1. The van der Waals surface area contributed by atoms with Crippen LogP contribution in [0, 0.1) is 0 Å². The summed E-state index contributed by atoms with van der Waals surface area (Å²) in [6.45, 7) is 6.02. The minimum atomic E-state index is -0.145. The fourth-order valence-electron chi connectivity index (χ4n) is 3.94. The lowest BCUT2D eigenvalue weighted by Gasteiger charge is -2.45. The number of ether oxygens (including phenoxy) is 2. The SMILES string of the molecule is C[C@H]1Cc2cc(C(=O)N3CCOC4(CCNCC4)C3)ccc2O1. The number of hydrogen-bond acceptors (Lipinski definition) is 4. The Labute approximate surface area is 136 Å². The van der Waals surface area contributed by atoms with Crippen LogP contribution in [0.4, 0.5) is 0 Å². The predicted octanol–water partition coefficient (Wildman–Crippen LogP) is 1.60. The second-order valence-corrected chi connectivity index (χ2v) is 6.96. The molecule has 3 aliphatic heterocycles. The third-order valence-electron chi connectivity index (χ3n) is 5.19. The molecule has 1 spiro atoms. The Hall–Kier alpha value is -1.59. The predicted molar refractivity (Wildman–Crippen MR) is 86.9 cm³/mol. The zero-order chi connectivity index (χ0) is 15.9.